The van der Waals surface area contributed by atoms with Crippen molar-refractivity contribution in [1.82, 2.24) is 4.57 Å². The van der Waals surface area contributed by atoms with Gasteiger partial charge in [0.15, 0.2) is 0 Å². The van der Waals surface area contributed by atoms with Crippen molar-refractivity contribution < 1.29 is 19.1 Å². The Morgan fingerprint density at radius 1 is 0.923 bits per heavy atom. The summed E-state index contributed by atoms with van der Waals surface area (Å²) in [6.45, 7) is 12.3. The van der Waals surface area contributed by atoms with Crippen molar-refractivity contribution in [3.8, 4) is 0 Å². The molecule has 26 heavy (non-hydrogen) atoms. The summed E-state index contributed by atoms with van der Waals surface area (Å²) in [5, 5.41) is 0.703. The van der Waals surface area contributed by atoms with E-state index in [0.717, 1.165) is 0 Å². The van der Waals surface area contributed by atoms with E-state index in [9.17, 15) is 9.59 Å². The number of ether oxygens (including phenoxy) is 2. The summed E-state index contributed by atoms with van der Waals surface area (Å²) in [6.07, 6.45) is 1.03. The number of benzene rings is 1. The van der Waals surface area contributed by atoms with Gasteiger partial charge in [0.2, 0.25) is 0 Å². The molecule has 0 bridgehead atoms. The maximum absolute atomic E-state index is 12.7. The monoisotopic (exact) mass is 360 g/mol. The largest absolute Gasteiger partial charge is 0.458 e. The van der Waals surface area contributed by atoms with Crippen LogP contribution in [0.3, 0.4) is 0 Å². The number of nitrogens with zero attached hydrogens (tertiary/aromatic N) is 1. The van der Waals surface area contributed by atoms with Gasteiger partial charge in [0.1, 0.15) is 16.7 Å². The number of carbonyl (C=O) groups excluding carboxylic acids is 2. The van der Waals surface area contributed by atoms with Crippen LogP contribution in [-0.4, -0.2) is 27.8 Å². The summed E-state index contributed by atoms with van der Waals surface area (Å²) in [5.74, 6) is -0.558. The Morgan fingerprint density at radius 3 is 2.00 bits per heavy atom. The standard InChI is InChI=1S/C20H28N2O4/c1-18(2,3)25-16(23)20(7,21)14-12-22(17(24)26-19(4,5)6)15-11-9-8-10-13(14)15/h8-12H,21H2,1-7H3/t20-/m1/s1. The molecule has 1 atom stereocenters. The minimum Gasteiger partial charge on any atom is -0.458 e. The number of fused-ring (bicyclic) bond motifs is 1. The van der Waals surface area contributed by atoms with Gasteiger partial charge in [0.05, 0.1) is 5.52 Å². The van der Waals surface area contributed by atoms with Crippen molar-refractivity contribution in [2.45, 2.75) is 65.2 Å². The molecule has 0 amide bonds. The van der Waals surface area contributed by atoms with Crippen LogP contribution in [0.2, 0.25) is 0 Å². The number of aromatic nitrogens is 1. The first-order chi connectivity index (χ1) is 11.7. The summed E-state index contributed by atoms with van der Waals surface area (Å²) >= 11 is 0. The highest BCUT2D eigenvalue weighted by Gasteiger charge is 2.38. The van der Waals surface area contributed by atoms with Crippen LogP contribution in [0.4, 0.5) is 4.79 Å². The lowest BCUT2D eigenvalue weighted by Crippen LogP contribution is -2.45. The van der Waals surface area contributed by atoms with Gasteiger partial charge in [0, 0.05) is 17.1 Å². The Bertz CT molecular complexity index is 836. The minimum absolute atomic E-state index is 0.508. The molecule has 1 aromatic heterocycles. The lowest BCUT2D eigenvalue weighted by atomic mass is 9.92. The zero-order valence-corrected chi connectivity index (χ0v) is 16.5. The SMILES string of the molecule is CC(C)(C)OC(=O)n1cc([C@@](C)(N)C(=O)OC(C)(C)C)c2ccccc21. The highest BCUT2D eigenvalue weighted by Crippen LogP contribution is 2.31. The summed E-state index contributed by atoms with van der Waals surface area (Å²) in [6, 6.07) is 7.25. The second-order valence-electron chi connectivity index (χ2n) is 8.61. The van der Waals surface area contributed by atoms with Crippen LogP contribution < -0.4 is 5.73 Å². The third kappa shape index (κ3) is 4.25. The van der Waals surface area contributed by atoms with E-state index in [2.05, 4.69) is 0 Å². The fourth-order valence-corrected chi connectivity index (χ4v) is 2.55. The van der Waals surface area contributed by atoms with Crippen LogP contribution in [-0.2, 0) is 19.8 Å². The second kappa shape index (κ2) is 6.43. The topological polar surface area (TPSA) is 83.5 Å². The molecule has 0 aliphatic rings. The molecular weight excluding hydrogens is 332 g/mol. The first-order valence-electron chi connectivity index (χ1n) is 8.58. The summed E-state index contributed by atoms with van der Waals surface area (Å²) in [4.78, 5) is 25.3. The molecule has 0 fully saturated rings. The third-order valence-electron chi connectivity index (χ3n) is 3.68. The molecule has 6 heteroatoms. The van der Waals surface area contributed by atoms with E-state index < -0.39 is 28.8 Å². The molecule has 142 valence electrons. The van der Waals surface area contributed by atoms with Crippen molar-refractivity contribution in [3.63, 3.8) is 0 Å². The number of carbonyl (C=O) groups is 2. The molecular formula is C20H28N2O4. The molecule has 2 rings (SSSR count). The fraction of sp³-hybridized carbons (Fsp3) is 0.500. The van der Waals surface area contributed by atoms with Crippen LogP contribution in [0.1, 0.15) is 54.0 Å². The van der Waals surface area contributed by atoms with E-state index >= 15 is 0 Å². The number of rotatable bonds is 2. The van der Waals surface area contributed by atoms with E-state index in [1.807, 2.05) is 18.2 Å². The van der Waals surface area contributed by atoms with Crippen molar-refractivity contribution >= 4 is 23.0 Å². The Kier molecular flexibility index (Phi) is 4.94. The lowest BCUT2D eigenvalue weighted by Gasteiger charge is -2.28. The first-order valence-corrected chi connectivity index (χ1v) is 8.58. The summed E-state index contributed by atoms with van der Waals surface area (Å²) in [7, 11) is 0. The van der Waals surface area contributed by atoms with Crippen LogP contribution >= 0.6 is 0 Å². The van der Waals surface area contributed by atoms with Gasteiger partial charge >= 0.3 is 12.1 Å². The van der Waals surface area contributed by atoms with Crippen LogP contribution in [0.25, 0.3) is 10.9 Å². The smallest absolute Gasteiger partial charge is 0.419 e. The van der Waals surface area contributed by atoms with E-state index in [-0.39, 0.29) is 0 Å². The Hall–Kier alpha value is -2.34. The normalized spacial score (nSPS) is 14.8. The maximum atomic E-state index is 12.7. The van der Waals surface area contributed by atoms with Gasteiger partial charge in [-0.15, -0.1) is 0 Å². The van der Waals surface area contributed by atoms with Crippen molar-refractivity contribution in [2.75, 3.05) is 0 Å². The van der Waals surface area contributed by atoms with Gasteiger partial charge in [-0.1, -0.05) is 18.2 Å². The molecule has 0 saturated carbocycles. The Balaban J connectivity index is 2.55. The van der Waals surface area contributed by atoms with Crippen molar-refractivity contribution in [3.05, 3.63) is 36.0 Å². The average molecular weight is 360 g/mol. The lowest BCUT2D eigenvalue weighted by molar-refractivity contribution is -0.161. The van der Waals surface area contributed by atoms with Crippen LogP contribution in [0.15, 0.2) is 30.5 Å². The molecule has 0 aliphatic carbocycles. The number of para-hydroxylation sites is 1. The van der Waals surface area contributed by atoms with E-state index in [0.29, 0.717) is 16.5 Å². The average Bonchev–Trinajstić information content (AvgIpc) is 2.84. The Morgan fingerprint density at radius 2 is 1.46 bits per heavy atom. The third-order valence-corrected chi connectivity index (χ3v) is 3.68. The van der Waals surface area contributed by atoms with Gasteiger partial charge in [-0.2, -0.15) is 0 Å². The number of esters is 1. The van der Waals surface area contributed by atoms with Gasteiger partial charge in [0.25, 0.3) is 0 Å². The molecule has 1 heterocycles. The number of nitrogens with two attached hydrogens (primary N) is 1. The Labute approximate surface area is 154 Å². The van der Waals surface area contributed by atoms with E-state index in [1.165, 1.54) is 4.57 Å². The van der Waals surface area contributed by atoms with Gasteiger partial charge in [-0.25, -0.2) is 9.59 Å². The molecule has 2 N–H and O–H groups in total. The van der Waals surface area contributed by atoms with Crippen molar-refractivity contribution in [2.24, 2.45) is 5.73 Å². The van der Waals surface area contributed by atoms with Crippen LogP contribution in [0.5, 0.6) is 0 Å². The molecule has 6 nitrogen and oxygen atoms in total. The summed E-state index contributed by atoms with van der Waals surface area (Å²) in [5.41, 5.74) is 4.76. The minimum atomic E-state index is -1.42. The second-order valence-corrected chi connectivity index (χ2v) is 8.61. The predicted octanol–water partition coefficient (Wildman–Crippen LogP) is 3.94. The highest BCUT2D eigenvalue weighted by molar-refractivity contribution is 5.96. The fourth-order valence-electron chi connectivity index (χ4n) is 2.55. The molecule has 0 unspecified atom stereocenters. The number of hydrogen-bond acceptors (Lipinski definition) is 5. The predicted molar refractivity (Wildman–Crippen MR) is 101 cm³/mol. The first kappa shape index (κ1) is 20.0. The van der Waals surface area contributed by atoms with E-state index in [4.69, 9.17) is 15.2 Å². The molecule has 1 aromatic carbocycles. The van der Waals surface area contributed by atoms with Crippen LogP contribution in [0, 0.1) is 0 Å². The van der Waals surface area contributed by atoms with Gasteiger partial charge in [-0.05, 0) is 54.5 Å². The summed E-state index contributed by atoms with van der Waals surface area (Å²) < 4.78 is 12.3. The molecule has 2 aromatic rings. The molecule has 0 aliphatic heterocycles. The van der Waals surface area contributed by atoms with E-state index in [1.54, 1.807) is 60.7 Å². The molecule has 0 radical (unpaired) electrons. The molecule has 0 spiro atoms. The highest BCUT2D eigenvalue weighted by atomic mass is 16.6. The zero-order chi connectivity index (χ0) is 19.9. The van der Waals surface area contributed by atoms with Gasteiger partial charge < -0.3 is 15.2 Å². The maximum Gasteiger partial charge on any atom is 0.419 e. The zero-order valence-electron chi connectivity index (χ0n) is 16.5. The molecule has 0 saturated heterocycles. The number of hydrogen-bond donors (Lipinski definition) is 1. The quantitative estimate of drug-likeness (QED) is 0.820. The van der Waals surface area contributed by atoms with Crippen molar-refractivity contribution in [1.29, 1.82) is 0 Å². The van der Waals surface area contributed by atoms with Gasteiger partial charge in [-0.3, -0.25) is 4.57 Å².